The summed E-state index contributed by atoms with van der Waals surface area (Å²) in [4.78, 5) is 0. The fraction of sp³-hybridized carbons (Fsp3) is 1.00. The van der Waals surface area contributed by atoms with Crippen molar-refractivity contribution in [1.82, 2.24) is 5.32 Å². The fourth-order valence-electron chi connectivity index (χ4n) is 2.75. The highest BCUT2D eigenvalue weighted by Gasteiger charge is 2.37. The summed E-state index contributed by atoms with van der Waals surface area (Å²) in [7, 11) is 2.10. The lowest BCUT2D eigenvalue weighted by Crippen LogP contribution is -2.27. The molecule has 0 aromatic heterocycles. The van der Waals surface area contributed by atoms with Crippen LogP contribution in [0.3, 0.4) is 0 Å². The highest BCUT2D eigenvalue weighted by atomic mass is 14.9. The van der Waals surface area contributed by atoms with Crippen molar-refractivity contribution in [3.8, 4) is 0 Å². The maximum absolute atomic E-state index is 3.42. The largest absolute Gasteiger partial charge is 0.317 e. The highest BCUT2D eigenvalue weighted by Crippen LogP contribution is 2.45. The molecule has 1 fully saturated rings. The van der Waals surface area contributed by atoms with Crippen LogP contribution in [0.2, 0.25) is 0 Å². The van der Waals surface area contributed by atoms with Gasteiger partial charge in [0.05, 0.1) is 0 Å². The summed E-state index contributed by atoms with van der Waals surface area (Å²) in [5.41, 5.74) is 0.615. The molecule has 1 saturated carbocycles. The van der Waals surface area contributed by atoms with Gasteiger partial charge in [0.15, 0.2) is 0 Å². The molecule has 1 N–H and O–H groups in total. The maximum Gasteiger partial charge on any atom is 0.00695 e. The van der Waals surface area contributed by atoms with Gasteiger partial charge in [0, 0.05) is 6.04 Å². The molecule has 0 aromatic carbocycles. The monoisotopic (exact) mass is 183 g/mol. The first-order valence-corrected chi connectivity index (χ1v) is 5.79. The Bertz CT molecular complexity index is 155. The van der Waals surface area contributed by atoms with E-state index in [0.29, 0.717) is 5.41 Å². The molecule has 13 heavy (non-hydrogen) atoms. The van der Waals surface area contributed by atoms with E-state index in [1.807, 2.05) is 0 Å². The molecule has 0 aliphatic heterocycles. The van der Waals surface area contributed by atoms with E-state index in [1.54, 1.807) is 0 Å². The van der Waals surface area contributed by atoms with Crippen LogP contribution in [0.15, 0.2) is 0 Å². The Hall–Kier alpha value is -0.0400. The van der Waals surface area contributed by atoms with Gasteiger partial charge in [-0.1, -0.05) is 33.6 Å². The lowest BCUT2D eigenvalue weighted by Gasteiger charge is -2.31. The summed E-state index contributed by atoms with van der Waals surface area (Å²) in [6, 6.07) is 0.782. The Labute approximate surface area is 83.3 Å². The predicted molar refractivity (Wildman–Crippen MR) is 58.9 cm³/mol. The van der Waals surface area contributed by atoms with Crippen LogP contribution >= 0.6 is 0 Å². The third kappa shape index (κ3) is 2.46. The summed E-state index contributed by atoms with van der Waals surface area (Å²) in [6.45, 7) is 7.20. The third-order valence-electron chi connectivity index (χ3n) is 4.10. The van der Waals surface area contributed by atoms with E-state index in [0.717, 1.165) is 12.0 Å². The number of nitrogens with one attached hydrogen (secondary N) is 1. The smallest absolute Gasteiger partial charge is 0.00695 e. The standard InChI is InChI=1S/C12H25N/c1-5-6-10(2)12(3)8-7-11(9-12)13-4/h10-11,13H,5-9H2,1-4H3. The molecule has 0 heterocycles. The van der Waals surface area contributed by atoms with Crippen LogP contribution < -0.4 is 5.32 Å². The van der Waals surface area contributed by atoms with Gasteiger partial charge < -0.3 is 5.32 Å². The molecule has 0 saturated heterocycles. The van der Waals surface area contributed by atoms with Crippen LogP contribution in [0, 0.1) is 11.3 Å². The van der Waals surface area contributed by atoms with Gasteiger partial charge in [-0.05, 0) is 37.6 Å². The van der Waals surface area contributed by atoms with Crippen molar-refractivity contribution in [2.24, 2.45) is 11.3 Å². The van der Waals surface area contributed by atoms with E-state index >= 15 is 0 Å². The van der Waals surface area contributed by atoms with Crippen molar-refractivity contribution in [3.63, 3.8) is 0 Å². The number of hydrogen-bond acceptors (Lipinski definition) is 1. The molecular formula is C12H25N. The van der Waals surface area contributed by atoms with E-state index in [9.17, 15) is 0 Å². The summed E-state index contributed by atoms with van der Waals surface area (Å²) in [5, 5.41) is 3.42. The van der Waals surface area contributed by atoms with Crippen molar-refractivity contribution in [1.29, 1.82) is 0 Å². The van der Waals surface area contributed by atoms with Crippen molar-refractivity contribution in [3.05, 3.63) is 0 Å². The Morgan fingerprint density at radius 3 is 2.69 bits per heavy atom. The topological polar surface area (TPSA) is 12.0 Å². The first kappa shape index (κ1) is 11.0. The SMILES string of the molecule is CCCC(C)C1(C)CCC(NC)C1. The van der Waals surface area contributed by atoms with Gasteiger partial charge in [-0.3, -0.25) is 0 Å². The Balaban J connectivity index is 2.47. The molecule has 0 bridgehead atoms. The minimum Gasteiger partial charge on any atom is -0.317 e. The Morgan fingerprint density at radius 2 is 2.23 bits per heavy atom. The van der Waals surface area contributed by atoms with Gasteiger partial charge in [0.1, 0.15) is 0 Å². The lowest BCUT2D eigenvalue weighted by atomic mass is 9.74. The van der Waals surface area contributed by atoms with E-state index in [-0.39, 0.29) is 0 Å². The van der Waals surface area contributed by atoms with Crippen molar-refractivity contribution in [2.45, 2.75) is 58.9 Å². The van der Waals surface area contributed by atoms with Crippen molar-refractivity contribution < 1.29 is 0 Å². The zero-order chi connectivity index (χ0) is 9.90. The maximum atomic E-state index is 3.42. The molecule has 1 nitrogen and oxygen atoms in total. The molecule has 3 atom stereocenters. The van der Waals surface area contributed by atoms with Gasteiger partial charge in [-0.15, -0.1) is 0 Å². The molecule has 0 amide bonds. The minimum atomic E-state index is 0.615. The molecule has 1 rings (SSSR count). The zero-order valence-corrected chi connectivity index (χ0v) is 9.69. The molecule has 1 aliphatic carbocycles. The summed E-state index contributed by atoms with van der Waals surface area (Å²) in [5.74, 6) is 0.899. The number of rotatable bonds is 4. The van der Waals surface area contributed by atoms with Gasteiger partial charge in [0.25, 0.3) is 0 Å². The lowest BCUT2D eigenvalue weighted by molar-refractivity contribution is 0.192. The average molecular weight is 183 g/mol. The second kappa shape index (κ2) is 4.45. The molecule has 1 heteroatoms. The van der Waals surface area contributed by atoms with Crippen LogP contribution in [0.25, 0.3) is 0 Å². The third-order valence-corrected chi connectivity index (χ3v) is 4.10. The second-order valence-corrected chi connectivity index (χ2v) is 5.07. The zero-order valence-electron chi connectivity index (χ0n) is 9.69. The van der Waals surface area contributed by atoms with Crippen LogP contribution in [0.5, 0.6) is 0 Å². The quantitative estimate of drug-likeness (QED) is 0.706. The average Bonchev–Trinajstić information content (AvgIpc) is 2.49. The molecule has 78 valence electrons. The normalized spacial score (nSPS) is 36.5. The summed E-state index contributed by atoms with van der Waals surface area (Å²) in [6.07, 6.45) is 6.90. The van der Waals surface area contributed by atoms with Gasteiger partial charge in [-0.2, -0.15) is 0 Å². The fourth-order valence-corrected chi connectivity index (χ4v) is 2.75. The van der Waals surface area contributed by atoms with Crippen molar-refractivity contribution in [2.75, 3.05) is 7.05 Å². The van der Waals surface area contributed by atoms with Crippen LogP contribution in [0.4, 0.5) is 0 Å². The second-order valence-electron chi connectivity index (χ2n) is 5.07. The van der Waals surface area contributed by atoms with Gasteiger partial charge in [-0.25, -0.2) is 0 Å². The van der Waals surface area contributed by atoms with Crippen LogP contribution in [-0.2, 0) is 0 Å². The summed E-state index contributed by atoms with van der Waals surface area (Å²) >= 11 is 0. The molecule has 1 aliphatic rings. The number of hydrogen-bond donors (Lipinski definition) is 1. The minimum absolute atomic E-state index is 0.615. The van der Waals surface area contributed by atoms with Gasteiger partial charge in [0.2, 0.25) is 0 Å². The molecule has 3 unspecified atom stereocenters. The Morgan fingerprint density at radius 1 is 1.54 bits per heavy atom. The van der Waals surface area contributed by atoms with E-state index < -0.39 is 0 Å². The predicted octanol–water partition coefficient (Wildman–Crippen LogP) is 3.20. The molecule has 0 spiro atoms. The summed E-state index contributed by atoms with van der Waals surface area (Å²) < 4.78 is 0. The van der Waals surface area contributed by atoms with Crippen molar-refractivity contribution >= 4 is 0 Å². The first-order valence-electron chi connectivity index (χ1n) is 5.79. The van der Waals surface area contributed by atoms with E-state index in [4.69, 9.17) is 0 Å². The molecule has 0 aromatic rings. The van der Waals surface area contributed by atoms with Crippen LogP contribution in [0.1, 0.15) is 52.9 Å². The van der Waals surface area contributed by atoms with Crippen LogP contribution in [-0.4, -0.2) is 13.1 Å². The van der Waals surface area contributed by atoms with Gasteiger partial charge >= 0.3 is 0 Å². The van der Waals surface area contributed by atoms with E-state index in [2.05, 4.69) is 33.1 Å². The molecular weight excluding hydrogens is 158 g/mol. The highest BCUT2D eigenvalue weighted by molar-refractivity contribution is 4.91. The molecule has 0 radical (unpaired) electrons. The first-order chi connectivity index (χ1) is 6.12. The van der Waals surface area contributed by atoms with E-state index in [1.165, 1.54) is 32.1 Å². The Kier molecular flexibility index (Phi) is 3.78.